The van der Waals surface area contributed by atoms with Crippen molar-refractivity contribution in [2.75, 3.05) is 5.43 Å². The number of nitrogens with two attached hydrogens (primary N) is 1. The molecule has 0 heterocycles. The zero-order valence-electron chi connectivity index (χ0n) is 9.01. The van der Waals surface area contributed by atoms with Crippen LogP contribution in [0.3, 0.4) is 0 Å². The van der Waals surface area contributed by atoms with Crippen molar-refractivity contribution >= 4 is 23.2 Å². The lowest BCUT2D eigenvalue weighted by Crippen LogP contribution is -2.21. The van der Waals surface area contributed by atoms with Crippen LogP contribution in [-0.2, 0) is 0 Å². The van der Waals surface area contributed by atoms with Crippen LogP contribution in [0.2, 0.25) is 0 Å². The van der Waals surface area contributed by atoms with Crippen molar-refractivity contribution in [2.45, 2.75) is 0 Å². The maximum absolute atomic E-state index is 10.7. The molecule has 1 aromatic carbocycles. The Hall–Kier alpha value is -3.08. The van der Waals surface area contributed by atoms with Crippen LogP contribution in [0.1, 0.15) is 10.4 Å². The lowest BCUT2D eigenvalue weighted by atomic mass is 10.2. The third-order valence-electron chi connectivity index (χ3n) is 1.89. The average Bonchev–Trinajstić information content (AvgIpc) is 2.31. The minimum atomic E-state index is -1.17. The van der Waals surface area contributed by atoms with E-state index in [0.717, 1.165) is 6.07 Å². The number of carboxylic acids is 1. The van der Waals surface area contributed by atoms with Crippen molar-refractivity contribution < 1.29 is 15.0 Å². The van der Waals surface area contributed by atoms with E-state index >= 15 is 0 Å². The number of hydrazone groups is 1. The Labute approximate surface area is 101 Å². The summed E-state index contributed by atoms with van der Waals surface area (Å²) in [6.07, 6.45) is 0. The fraction of sp³-hybridized carbons (Fsp3) is 0. The molecule has 0 saturated heterocycles. The largest absolute Gasteiger partial charge is 0.506 e. The molecule has 0 aliphatic rings. The highest BCUT2D eigenvalue weighted by Crippen LogP contribution is 2.24. The predicted molar refractivity (Wildman–Crippen MR) is 63.7 cm³/mol. The number of hydrogen-bond acceptors (Lipinski definition) is 6. The van der Waals surface area contributed by atoms with Crippen molar-refractivity contribution in [3.05, 3.63) is 23.8 Å². The fourth-order valence-electron chi connectivity index (χ4n) is 1.02. The molecule has 0 aliphatic carbocycles. The van der Waals surface area contributed by atoms with E-state index in [4.69, 9.17) is 21.5 Å². The molecule has 6 N–H and O–H groups in total. The number of amidine groups is 1. The molecule has 0 unspecified atom stereocenters. The zero-order valence-corrected chi connectivity index (χ0v) is 9.01. The Morgan fingerprint density at radius 2 is 2.22 bits per heavy atom. The molecule has 1 rings (SSSR count). The van der Waals surface area contributed by atoms with E-state index in [1.54, 1.807) is 6.07 Å². The van der Waals surface area contributed by atoms with Gasteiger partial charge in [-0.1, -0.05) is 0 Å². The predicted octanol–water partition coefficient (Wildman–Crippen LogP) is 0.318. The first-order valence-corrected chi connectivity index (χ1v) is 4.60. The maximum Gasteiger partial charge on any atom is 0.335 e. The number of phenols is 1. The van der Waals surface area contributed by atoms with Gasteiger partial charge in [0.1, 0.15) is 11.8 Å². The van der Waals surface area contributed by atoms with Gasteiger partial charge in [-0.2, -0.15) is 10.4 Å². The number of carboxylic acid groups (broad SMARTS) is 1. The smallest absolute Gasteiger partial charge is 0.335 e. The molecule has 0 fully saturated rings. The van der Waals surface area contributed by atoms with Gasteiger partial charge >= 0.3 is 5.97 Å². The molecule has 0 saturated carbocycles. The molecule has 0 radical (unpaired) electrons. The van der Waals surface area contributed by atoms with Gasteiger partial charge in [-0.25, -0.2) is 4.79 Å². The summed E-state index contributed by atoms with van der Waals surface area (Å²) in [5.41, 5.74) is 6.88. The van der Waals surface area contributed by atoms with Crippen LogP contribution >= 0.6 is 0 Å². The van der Waals surface area contributed by atoms with Crippen molar-refractivity contribution in [2.24, 2.45) is 10.8 Å². The summed E-state index contributed by atoms with van der Waals surface area (Å²) in [6, 6.07) is 5.08. The topological polar surface area (TPSA) is 156 Å². The lowest BCUT2D eigenvalue weighted by molar-refractivity contribution is 0.0697. The molecule has 92 valence electrons. The molecule has 0 aromatic heterocycles. The Morgan fingerprint density at radius 1 is 1.56 bits per heavy atom. The monoisotopic (exact) mass is 247 g/mol. The Kier molecular flexibility index (Phi) is 3.83. The molecule has 8 heteroatoms. The quantitative estimate of drug-likeness (QED) is 0.223. The molecule has 1 aromatic rings. The van der Waals surface area contributed by atoms with E-state index < -0.39 is 11.8 Å². The number of nitrogens with one attached hydrogen (secondary N) is 2. The van der Waals surface area contributed by atoms with Crippen LogP contribution in [0, 0.1) is 16.7 Å². The first-order chi connectivity index (χ1) is 8.45. The number of anilines is 1. The minimum Gasteiger partial charge on any atom is -0.506 e. The van der Waals surface area contributed by atoms with Gasteiger partial charge in [0.05, 0.1) is 11.3 Å². The van der Waals surface area contributed by atoms with Crippen molar-refractivity contribution in [1.82, 2.24) is 0 Å². The standard InChI is InChI=1S/C10H9N5O3/c11-4-7(9(12)13)15-14-6-3-5(10(17)18)1-2-8(6)16/h1-3,14,16H,(H3,12,13)(H,17,18)/b15-7+. The number of hydrogen-bond donors (Lipinski definition) is 5. The van der Waals surface area contributed by atoms with E-state index in [1.165, 1.54) is 12.1 Å². The number of carbonyl (C=O) groups is 1. The van der Waals surface area contributed by atoms with Crippen molar-refractivity contribution in [3.8, 4) is 11.8 Å². The van der Waals surface area contributed by atoms with Gasteiger partial charge in [-0.05, 0) is 18.2 Å². The number of nitrogens with zero attached hydrogens (tertiary/aromatic N) is 2. The number of nitriles is 1. The van der Waals surface area contributed by atoms with E-state index in [9.17, 15) is 9.90 Å². The summed E-state index contributed by atoms with van der Waals surface area (Å²) < 4.78 is 0. The first-order valence-electron chi connectivity index (χ1n) is 4.60. The van der Waals surface area contributed by atoms with Gasteiger partial charge in [0.15, 0.2) is 5.84 Å². The SMILES string of the molecule is N#C/C(=N\Nc1cc(C(=O)O)ccc1O)C(=N)N. The number of benzene rings is 1. The average molecular weight is 247 g/mol. The minimum absolute atomic E-state index is 0.0103. The Balaban J connectivity index is 3.05. The van der Waals surface area contributed by atoms with Crippen LogP contribution in [-0.4, -0.2) is 27.7 Å². The van der Waals surface area contributed by atoms with E-state index in [-0.39, 0.29) is 22.7 Å². The van der Waals surface area contributed by atoms with Gasteiger partial charge in [0, 0.05) is 0 Å². The fourth-order valence-corrected chi connectivity index (χ4v) is 1.02. The molecule has 0 spiro atoms. The van der Waals surface area contributed by atoms with Gasteiger partial charge in [0.25, 0.3) is 0 Å². The van der Waals surface area contributed by atoms with Gasteiger partial charge in [-0.3, -0.25) is 10.8 Å². The van der Waals surface area contributed by atoms with Crippen molar-refractivity contribution in [1.29, 1.82) is 10.7 Å². The summed E-state index contributed by atoms with van der Waals surface area (Å²) in [6.45, 7) is 0. The van der Waals surface area contributed by atoms with Gasteiger partial charge in [0.2, 0.25) is 5.71 Å². The molecule has 0 aliphatic heterocycles. The molecule has 0 bridgehead atoms. The Bertz CT molecular complexity index is 573. The number of aromatic hydroxyl groups is 1. The molecular formula is C10H9N5O3. The zero-order chi connectivity index (χ0) is 13.7. The highest BCUT2D eigenvalue weighted by atomic mass is 16.4. The van der Waals surface area contributed by atoms with Crippen LogP contribution in [0.4, 0.5) is 5.69 Å². The van der Waals surface area contributed by atoms with Gasteiger partial charge < -0.3 is 15.9 Å². The second kappa shape index (κ2) is 5.31. The van der Waals surface area contributed by atoms with Crippen LogP contribution in [0.5, 0.6) is 5.75 Å². The number of aromatic carboxylic acids is 1. The third kappa shape index (κ3) is 2.96. The second-order valence-corrected chi connectivity index (χ2v) is 3.13. The summed E-state index contributed by atoms with van der Waals surface area (Å²) in [4.78, 5) is 10.7. The molecular weight excluding hydrogens is 238 g/mol. The van der Waals surface area contributed by atoms with Crippen LogP contribution < -0.4 is 11.2 Å². The summed E-state index contributed by atoms with van der Waals surface area (Å²) in [7, 11) is 0. The van der Waals surface area contributed by atoms with E-state index in [0.29, 0.717) is 0 Å². The van der Waals surface area contributed by atoms with Gasteiger partial charge in [-0.15, -0.1) is 0 Å². The van der Waals surface area contributed by atoms with Crippen molar-refractivity contribution in [3.63, 3.8) is 0 Å². The van der Waals surface area contributed by atoms with E-state index in [2.05, 4.69) is 10.5 Å². The van der Waals surface area contributed by atoms with Crippen LogP contribution in [0.25, 0.3) is 0 Å². The number of phenolic OH excluding ortho intramolecular Hbond substituents is 1. The summed E-state index contributed by atoms with van der Waals surface area (Å²) in [5.74, 6) is -1.96. The third-order valence-corrected chi connectivity index (χ3v) is 1.89. The molecule has 0 amide bonds. The summed E-state index contributed by atoms with van der Waals surface area (Å²) in [5, 5.41) is 37.3. The number of rotatable bonds is 4. The van der Waals surface area contributed by atoms with Crippen LogP contribution in [0.15, 0.2) is 23.3 Å². The molecule has 18 heavy (non-hydrogen) atoms. The Morgan fingerprint density at radius 3 is 2.72 bits per heavy atom. The summed E-state index contributed by atoms with van der Waals surface area (Å²) >= 11 is 0. The lowest BCUT2D eigenvalue weighted by Gasteiger charge is -2.05. The second-order valence-electron chi connectivity index (χ2n) is 3.13. The normalized spacial score (nSPS) is 10.5. The highest BCUT2D eigenvalue weighted by Gasteiger charge is 2.08. The van der Waals surface area contributed by atoms with E-state index in [1.807, 2.05) is 0 Å². The highest BCUT2D eigenvalue weighted by molar-refractivity contribution is 6.45. The first kappa shape index (κ1) is 13.0. The maximum atomic E-state index is 10.7. The molecule has 8 nitrogen and oxygen atoms in total. The molecule has 0 atom stereocenters.